The fourth-order valence-electron chi connectivity index (χ4n) is 0.877. The summed E-state index contributed by atoms with van der Waals surface area (Å²) in [5.74, 6) is 4.80. The second kappa shape index (κ2) is 4.19. The summed E-state index contributed by atoms with van der Waals surface area (Å²) in [4.78, 5) is 3.41. The number of nitrogens with zero attached hydrogens (tertiary/aromatic N) is 1. The van der Waals surface area contributed by atoms with Crippen LogP contribution in [0.4, 0.5) is 19.0 Å². The fraction of sp³-hybridized carbons (Fsp3) is 0.222. The van der Waals surface area contributed by atoms with E-state index in [9.17, 15) is 13.2 Å². The summed E-state index contributed by atoms with van der Waals surface area (Å²) >= 11 is 0. The first-order valence-electron chi connectivity index (χ1n) is 3.97. The first kappa shape index (κ1) is 11.3. The zero-order valence-electron chi connectivity index (χ0n) is 7.60. The van der Waals surface area contributed by atoms with Gasteiger partial charge < -0.3 is 11.5 Å². The third-order valence-corrected chi connectivity index (χ3v) is 1.57. The molecule has 0 aliphatic heterocycles. The zero-order valence-corrected chi connectivity index (χ0v) is 7.60. The van der Waals surface area contributed by atoms with Gasteiger partial charge in [-0.15, -0.1) is 0 Å². The van der Waals surface area contributed by atoms with Gasteiger partial charge in [-0.1, -0.05) is 11.8 Å². The Kier molecular flexibility index (Phi) is 3.17. The molecule has 0 saturated carbocycles. The standard InChI is InChI=1S/C9H8F3N3/c10-9(11,12)7-4-6(2-1-3-13)8(14)15-5-7/h4-5H,3,13H2,(H2,14,15). The number of nitrogen functional groups attached to an aromatic ring is 1. The third-order valence-electron chi connectivity index (χ3n) is 1.57. The van der Waals surface area contributed by atoms with Gasteiger partial charge in [0.15, 0.2) is 0 Å². The molecule has 0 amide bonds. The van der Waals surface area contributed by atoms with E-state index in [1.807, 2.05) is 0 Å². The Morgan fingerprint density at radius 3 is 2.60 bits per heavy atom. The maximum absolute atomic E-state index is 12.3. The Balaban J connectivity index is 3.17. The lowest BCUT2D eigenvalue weighted by Crippen LogP contribution is -2.07. The molecule has 1 aromatic rings. The molecule has 0 saturated heterocycles. The molecule has 4 N–H and O–H groups in total. The Bertz CT molecular complexity index is 415. The molecule has 15 heavy (non-hydrogen) atoms. The van der Waals surface area contributed by atoms with E-state index in [0.29, 0.717) is 6.20 Å². The molecule has 1 heterocycles. The van der Waals surface area contributed by atoms with Crippen molar-refractivity contribution >= 4 is 5.82 Å². The minimum atomic E-state index is -4.44. The van der Waals surface area contributed by atoms with Crippen molar-refractivity contribution in [1.29, 1.82) is 0 Å². The maximum Gasteiger partial charge on any atom is 0.417 e. The molecule has 0 aliphatic rings. The number of hydrogen-bond acceptors (Lipinski definition) is 3. The van der Waals surface area contributed by atoms with Crippen LogP contribution in [0.15, 0.2) is 12.3 Å². The number of aromatic nitrogens is 1. The SMILES string of the molecule is NCC#Cc1cc(C(F)(F)F)cnc1N. The van der Waals surface area contributed by atoms with Crippen LogP contribution < -0.4 is 11.5 Å². The van der Waals surface area contributed by atoms with Gasteiger partial charge >= 0.3 is 6.18 Å². The average molecular weight is 215 g/mol. The Morgan fingerprint density at radius 1 is 1.40 bits per heavy atom. The lowest BCUT2D eigenvalue weighted by Gasteiger charge is -2.06. The maximum atomic E-state index is 12.3. The van der Waals surface area contributed by atoms with Crippen LogP contribution in [0.2, 0.25) is 0 Å². The van der Waals surface area contributed by atoms with Gasteiger partial charge in [0.1, 0.15) is 5.82 Å². The fourth-order valence-corrected chi connectivity index (χ4v) is 0.877. The van der Waals surface area contributed by atoms with Gasteiger partial charge in [0, 0.05) is 6.20 Å². The lowest BCUT2D eigenvalue weighted by atomic mass is 10.2. The number of hydrogen-bond donors (Lipinski definition) is 2. The van der Waals surface area contributed by atoms with Crippen molar-refractivity contribution in [2.45, 2.75) is 6.18 Å². The highest BCUT2D eigenvalue weighted by atomic mass is 19.4. The van der Waals surface area contributed by atoms with E-state index < -0.39 is 11.7 Å². The highest BCUT2D eigenvalue weighted by molar-refractivity contribution is 5.52. The summed E-state index contributed by atoms with van der Waals surface area (Å²) in [6.07, 6.45) is -3.77. The lowest BCUT2D eigenvalue weighted by molar-refractivity contribution is -0.137. The Morgan fingerprint density at radius 2 is 2.07 bits per heavy atom. The van der Waals surface area contributed by atoms with Crippen LogP contribution in [0.1, 0.15) is 11.1 Å². The van der Waals surface area contributed by atoms with E-state index in [2.05, 4.69) is 16.8 Å². The van der Waals surface area contributed by atoms with E-state index >= 15 is 0 Å². The van der Waals surface area contributed by atoms with E-state index in [0.717, 1.165) is 6.07 Å². The summed E-state index contributed by atoms with van der Waals surface area (Å²) in [5, 5.41) is 0. The normalized spacial score (nSPS) is 10.7. The Hall–Kier alpha value is -1.74. The molecule has 0 unspecified atom stereocenters. The number of nitrogens with two attached hydrogens (primary N) is 2. The molecule has 0 bridgehead atoms. The van der Waals surface area contributed by atoms with Crippen LogP contribution in [0.5, 0.6) is 0 Å². The van der Waals surface area contributed by atoms with Crippen molar-refractivity contribution in [3.8, 4) is 11.8 Å². The summed E-state index contributed by atoms with van der Waals surface area (Å²) in [5.41, 5.74) is 9.61. The van der Waals surface area contributed by atoms with Crippen LogP contribution in [0, 0.1) is 11.8 Å². The molecule has 0 atom stereocenters. The third kappa shape index (κ3) is 2.86. The van der Waals surface area contributed by atoms with E-state index in [4.69, 9.17) is 11.5 Å². The van der Waals surface area contributed by atoms with Crippen LogP contribution >= 0.6 is 0 Å². The molecule has 0 aliphatic carbocycles. The molecule has 0 aromatic carbocycles. The van der Waals surface area contributed by atoms with Gasteiger partial charge in [-0.05, 0) is 6.07 Å². The molecule has 0 spiro atoms. The van der Waals surface area contributed by atoms with Crippen molar-refractivity contribution < 1.29 is 13.2 Å². The zero-order chi connectivity index (χ0) is 11.5. The second-order valence-corrected chi connectivity index (χ2v) is 2.66. The molecule has 3 nitrogen and oxygen atoms in total. The van der Waals surface area contributed by atoms with Gasteiger partial charge in [0.25, 0.3) is 0 Å². The highest BCUT2D eigenvalue weighted by Gasteiger charge is 2.31. The molecule has 1 rings (SSSR count). The molecular formula is C9H8F3N3. The molecule has 1 aromatic heterocycles. The average Bonchev–Trinajstić information content (AvgIpc) is 2.15. The quantitative estimate of drug-likeness (QED) is 0.634. The van der Waals surface area contributed by atoms with E-state index in [-0.39, 0.29) is 17.9 Å². The van der Waals surface area contributed by atoms with Crippen LogP contribution in [0.3, 0.4) is 0 Å². The van der Waals surface area contributed by atoms with E-state index in [1.165, 1.54) is 0 Å². The monoisotopic (exact) mass is 215 g/mol. The van der Waals surface area contributed by atoms with Gasteiger partial charge in [0.05, 0.1) is 17.7 Å². The van der Waals surface area contributed by atoms with Gasteiger partial charge in [-0.2, -0.15) is 13.2 Å². The number of anilines is 1. The summed E-state index contributed by atoms with van der Waals surface area (Å²) in [6.45, 7) is 0.0513. The van der Waals surface area contributed by atoms with Crippen molar-refractivity contribution in [3.05, 3.63) is 23.4 Å². The molecule has 80 valence electrons. The topological polar surface area (TPSA) is 64.9 Å². The van der Waals surface area contributed by atoms with Gasteiger partial charge in [0.2, 0.25) is 0 Å². The van der Waals surface area contributed by atoms with Crippen molar-refractivity contribution in [3.63, 3.8) is 0 Å². The smallest absolute Gasteiger partial charge is 0.383 e. The molecule has 6 heteroatoms. The first-order chi connectivity index (χ1) is 6.95. The molecular weight excluding hydrogens is 207 g/mol. The first-order valence-corrected chi connectivity index (χ1v) is 3.97. The molecule has 0 fully saturated rings. The minimum Gasteiger partial charge on any atom is -0.383 e. The minimum absolute atomic E-state index is 0.0373. The Labute approximate surface area is 84.3 Å². The van der Waals surface area contributed by atoms with Crippen LogP contribution in [-0.4, -0.2) is 11.5 Å². The predicted octanol–water partition coefficient (Wildman–Crippen LogP) is 0.993. The second-order valence-electron chi connectivity index (χ2n) is 2.66. The van der Waals surface area contributed by atoms with Gasteiger partial charge in [-0.25, -0.2) is 4.98 Å². The van der Waals surface area contributed by atoms with Crippen LogP contribution in [0.25, 0.3) is 0 Å². The number of rotatable bonds is 0. The predicted molar refractivity (Wildman–Crippen MR) is 49.6 cm³/mol. The number of pyridine rings is 1. The number of alkyl halides is 3. The van der Waals surface area contributed by atoms with Crippen molar-refractivity contribution in [2.75, 3.05) is 12.3 Å². The van der Waals surface area contributed by atoms with Crippen LogP contribution in [-0.2, 0) is 6.18 Å². The van der Waals surface area contributed by atoms with Gasteiger partial charge in [-0.3, -0.25) is 0 Å². The molecule has 0 radical (unpaired) electrons. The summed E-state index contributed by atoms with van der Waals surface area (Å²) < 4.78 is 36.8. The van der Waals surface area contributed by atoms with Crippen molar-refractivity contribution in [1.82, 2.24) is 4.98 Å². The summed E-state index contributed by atoms with van der Waals surface area (Å²) in [7, 11) is 0. The van der Waals surface area contributed by atoms with Crippen molar-refractivity contribution in [2.24, 2.45) is 5.73 Å². The summed E-state index contributed by atoms with van der Waals surface area (Å²) in [6, 6.07) is 0.852. The van der Waals surface area contributed by atoms with E-state index in [1.54, 1.807) is 0 Å². The largest absolute Gasteiger partial charge is 0.417 e. The number of halogens is 3. The highest BCUT2D eigenvalue weighted by Crippen LogP contribution is 2.29.